The summed E-state index contributed by atoms with van der Waals surface area (Å²) in [6.07, 6.45) is -0.104. The molecule has 20 heavy (non-hydrogen) atoms. The Morgan fingerprint density at radius 3 is 1.60 bits per heavy atom. The molecule has 11 heteroatoms. The van der Waals surface area contributed by atoms with E-state index in [4.69, 9.17) is 9.79 Å². The van der Waals surface area contributed by atoms with Gasteiger partial charge in [0, 0.05) is 13.1 Å². The van der Waals surface area contributed by atoms with Gasteiger partial charge in [0.1, 0.15) is 19.4 Å². The number of hydrogen-bond acceptors (Lipinski definition) is 2. The van der Waals surface area contributed by atoms with Crippen molar-refractivity contribution >= 4 is 7.60 Å². The third-order valence-electron chi connectivity index (χ3n) is 3.07. The van der Waals surface area contributed by atoms with Crippen LogP contribution in [0.1, 0.15) is 0 Å². The molecular formula is C9H28Br2N3O5P. The normalized spacial score (nSPS) is 24.4. The molecule has 1 aliphatic rings. The van der Waals surface area contributed by atoms with Gasteiger partial charge in [0.2, 0.25) is 0 Å². The van der Waals surface area contributed by atoms with Crippen molar-refractivity contribution in [3.05, 3.63) is 0 Å². The van der Waals surface area contributed by atoms with Gasteiger partial charge in [-0.25, -0.2) is 0 Å². The monoisotopic (exact) mass is 447 g/mol. The van der Waals surface area contributed by atoms with Gasteiger partial charge in [-0.3, -0.25) is 9.46 Å². The van der Waals surface area contributed by atoms with E-state index in [2.05, 4.69) is 14.1 Å². The number of quaternary nitrogens is 2. The van der Waals surface area contributed by atoms with E-state index >= 15 is 0 Å². The Hall–Kier alpha value is 0.910. The molecule has 0 aliphatic carbocycles. The summed E-state index contributed by atoms with van der Waals surface area (Å²) < 4.78 is 11.0. The highest BCUT2D eigenvalue weighted by Crippen LogP contribution is 2.34. The fourth-order valence-corrected chi connectivity index (χ4v) is 2.69. The van der Waals surface area contributed by atoms with Gasteiger partial charge in [0.25, 0.3) is 0 Å². The Bertz CT molecular complexity index is 258. The van der Waals surface area contributed by atoms with Crippen LogP contribution in [0.3, 0.4) is 0 Å². The van der Waals surface area contributed by atoms with Crippen molar-refractivity contribution in [3.63, 3.8) is 0 Å². The molecule has 8 nitrogen and oxygen atoms in total. The van der Waals surface area contributed by atoms with E-state index in [0.29, 0.717) is 0 Å². The molecule has 1 rings (SSSR count). The molecule has 0 radical (unpaired) electrons. The van der Waals surface area contributed by atoms with Gasteiger partial charge < -0.3 is 64.5 Å². The number of rotatable bonds is 2. The lowest BCUT2D eigenvalue weighted by molar-refractivity contribution is -0.935. The SMILES string of the molecule is C[NH+]1CCN(CP(=O)(O)O)CC[NH+](C)CC1.O.O.[Br-].[Br-]. The number of nitrogens with one attached hydrogen (secondary N) is 2. The van der Waals surface area contributed by atoms with Crippen molar-refractivity contribution in [1.29, 1.82) is 0 Å². The lowest BCUT2D eigenvalue weighted by atomic mass is 10.5. The van der Waals surface area contributed by atoms with Gasteiger partial charge in [0.15, 0.2) is 0 Å². The number of nitrogens with zero attached hydrogens (tertiary/aromatic N) is 1. The first-order valence-electron chi connectivity index (χ1n) is 5.76. The molecule has 0 bridgehead atoms. The van der Waals surface area contributed by atoms with Crippen molar-refractivity contribution in [2.75, 3.05) is 59.6 Å². The van der Waals surface area contributed by atoms with Gasteiger partial charge in [-0.15, -0.1) is 0 Å². The molecule has 0 aromatic carbocycles. The van der Waals surface area contributed by atoms with Gasteiger partial charge in [0.05, 0.1) is 27.2 Å². The second-order valence-electron chi connectivity index (χ2n) is 4.84. The fraction of sp³-hybridized carbons (Fsp3) is 1.00. The number of hydrogen-bond donors (Lipinski definition) is 4. The van der Waals surface area contributed by atoms with Crippen LogP contribution in [-0.4, -0.2) is 85.3 Å². The van der Waals surface area contributed by atoms with Crippen molar-refractivity contribution in [2.45, 2.75) is 0 Å². The Balaban J connectivity index is -0.000000320. The van der Waals surface area contributed by atoms with Crippen molar-refractivity contribution in [1.82, 2.24) is 4.90 Å². The number of halogens is 2. The first kappa shape index (κ1) is 29.0. The van der Waals surface area contributed by atoms with Crippen LogP contribution in [0.25, 0.3) is 0 Å². The Kier molecular flexibility index (Phi) is 19.7. The largest absolute Gasteiger partial charge is 1.00 e. The molecule has 1 fully saturated rings. The van der Waals surface area contributed by atoms with Crippen LogP contribution < -0.4 is 43.8 Å². The summed E-state index contributed by atoms with van der Waals surface area (Å²) >= 11 is 0. The molecule has 2 atom stereocenters. The van der Waals surface area contributed by atoms with Crippen molar-refractivity contribution < 1.29 is 69.1 Å². The topological polar surface area (TPSA) is 133 Å². The zero-order chi connectivity index (χ0) is 12.2. The lowest BCUT2D eigenvalue weighted by Crippen LogP contribution is -3.17. The van der Waals surface area contributed by atoms with E-state index < -0.39 is 7.60 Å². The minimum absolute atomic E-state index is 0. The maximum absolute atomic E-state index is 11.0. The molecule has 1 aliphatic heterocycles. The van der Waals surface area contributed by atoms with E-state index in [-0.39, 0.29) is 51.2 Å². The highest BCUT2D eigenvalue weighted by atomic mass is 79.9. The highest BCUT2D eigenvalue weighted by molar-refractivity contribution is 7.51. The maximum Gasteiger partial charge on any atom is 0.339 e. The summed E-state index contributed by atoms with van der Waals surface area (Å²) in [6.45, 7) is 5.68. The smallest absolute Gasteiger partial charge is 0.339 e. The van der Waals surface area contributed by atoms with Crippen LogP contribution in [0.15, 0.2) is 0 Å². The first-order valence-corrected chi connectivity index (χ1v) is 7.56. The average Bonchev–Trinajstić information content (AvgIpc) is 2.22. The molecule has 0 spiro atoms. The van der Waals surface area contributed by atoms with Crippen LogP contribution in [0.2, 0.25) is 0 Å². The molecule has 0 aromatic heterocycles. The summed E-state index contributed by atoms with van der Waals surface area (Å²) in [5.41, 5.74) is 0. The van der Waals surface area contributed by atoms with Crippen LogP contribution in [0, 0.1) is 0 Å². The summed E-state index contributed by atoms with van der Waals surface area (Å²) in [5.74, 6) is 0. The average molecular weight is 449 g/mol. The van der Waals surface area contributed by atoms with Gasteiger partial charge in [-0.2, -0.15) is 0 Å². The molecule has 0 aromatic rings. The molecular weight excluding hydrogens is 421 g/mol. The van der Waals surface area contributed by atoms with Crippen LogP contribution >= 0.6 is 7.60 Å². The predicted octanol–water partition coefficient (Wildman–Crippen LogP) is -11.2. The first-order chi connectivity index (χ1) is 7.37. The van der Waals surface area contributed by atoms with Crippen LogP contribution in [-0.2, 0) is 4.57 Å². The van der Waals surface area contributed by atoms with Gasteiger partial charge in [-0.1, -0.05) is 0 Å². The van der Waals surface area contributed by atoms with E-state index in [1.54, 1.807) is 0 Å². The molecule has 2 unspecified atom stereocenters. The molecule has 1 heterocycles. The van der Waals surface area contributed by atoms with Gasteiger partial charge >= 0.3 is 7.60 Å². The third-order valence-corrected chi connectivity index (χ3v) is 3.84. The number of likely N-dealkylation sites (N-methyl/N-ethyl adjacent to an activating group) is 2. The highest BCUT2D eigenvalue weighted by Gasteiger charge is 2.22. The predicted molar refractivity (Wildman–Crippen MR) is 69.0 cm³/mol. The van der Waals surface area contributed by atoms with Crippen LogP contribution in [0.5, 0.6) is 0 Å². The van der Waals surface area contributed by atoms with E-state index in [1.807, 2.05) is 4.90 Å². The lowest BCUT2D eigenvalue weighted by Gasteiger charge is -2.22. The minimum atomic E-state index is -3.91. The van der Waals surface area contributed by atoms with Crippen molar-refractivity contribution in [3.8, 4) is 0 Å². The van der Waals surface area contributed by atoms with E-state index in [0.717, 1.165) is 39.3 Å². The molecule has 1 saturated heterocycles. The van der Waals surface area contributed by atoms with E-state index in [9.17, 15) is 4.57 Å². The summed E-state index contributed by atoms with van der Waals surface area (Å²) in [5, 5.41) is 0. The fourth-order valence-electron chi connectivity index (χ4n) is 1.89. The molecule has 128 valence electrons. The van der Waals surface area contributed by atoms with Crippen molar-refractivity contribution in [2.24, 2.45) is 0 Å². The molecule has 0 saturated carbocycles. The Morgan fingerprint density at radius 1 is 0.950 bits per heavy atom. The zero-order valence-electron chi connectivity index (χ0n) is 11.9. The zero-order valence-corrected chi connectivity index (χ0v) is 16.0. The third kappa shape index (κ3) is 13.9. The van der Waals surface area contributed by atoms with Crippen LogP contribution in [0.4, 0.5) is 0 Å². The minimum Gasteiger partial charge on any atom is -1.00 e. The quantitative estimate of drug-likeness (QED) is 0.312. The summed E-state index contributed by atoms with van der Waals surface area (Å²) in [6, 6.07) is 0. The Labute approximate surface area is 141 Å². The Morgan fingerprint density at radius 2 is 1.30 bits per heavy atom. The molecule has 8 N–H and O–H groups in total. The molecule has 0 amide bonds. The maximum atomic E-state index is 11.0. The second kappa shape index (κ2) is 13.6. The summed E-state index contributed by atoms with van der Waals surface area (Å²) in [4.78, 5) is 22.7. The standard InChI is InChI=1S/C9H22N3O3P.2BrH.2H2O/c1-10-3-4-11(2)6-8-12(7-5-10)9-16(13,14)15;;;;/h3-9H2,1-2H3,(H2,13,14,15);2*1H;2*1H2. The van der Waals surface area contributed by atoms with Gasteiger partial charge in [-0.05, 0) is 0 Å². The van der Waals surface area contributed by atoms with E-state index in [1.165, 1.54) is 9.80 Å². The summed E-state index contributed by atoms with van der Waals surface area (Å²) in [7, 11) is 0.352. The second-order valence-corrected chi connectivity index (χ2v) is 6.45.